The fraction of sp³-hybridized carbons (Fsp3) is 0.222. The van der Waals surface area contributed by atoms with Crippen molar-refractivity contribution >= 4 is 44.1 Å². The van der Waals surface area contributed by atoms with Gasteiger partial charge in [-0.3, -0.25) is 0 Å². The van der Waals surface area contributed by atoms with Crippen LogP contribution in [0.15, 0.2) is 53.6 Å². The summed E-state index contributed by atoms with van der Waals surface area (Å²) in [4.78, 5) is 3.39. The van der Waals surface area contributed by atoms with Crippen LogP contribution in [0.2, 0.25) is 10.0 Å². The first-order valence-electron chi connectivity index (χ1n) is 7.93. The lowest BCUT2D eigenvalue weighted by Gasteiger charge is -2.16. The van der Waals surface area contributed by atoms with Crippen LogP contribution in [-0.2, 0) is 15.4 Å². The fourth-order valence-corrected chi connectivity index (χ4v) is 4.68. The van der Waals surface area contributed by atoms with Crippen molar-refractivity contribution in [3.63, 3.8) is 0 Å². The molecule has 2 aromatic carbocycles. The standard InChI is InChI=1S/C18H16Cl2N2O2S/c19-15-6-5-12(9-16(15)20)25(23,24)22-11-18(7-8-18)14-10-21-17-4-2-1-3-13(14)17/h1-6,9-10,21-22H,7-8,11H2. The molecule has 1 heterocycles. The average Bonchev–Trinajstić information content (AvgIpc) is 3.26. The molecule has 0 saturated heterocycles. The quantitative estimate of drug-likeness (QED) is 0.669. The van der Waals surface area contributed by atoms with Crippen molar-refractivity contribution in [3.8, 4) is 0 Å². The maximum Gasteiger partial charge on any atom is 0.240 e. The molecule has 3 aromatic rings. The van der Waals surface area contributed by atoms with Gasteiger partial charge in [-0.1, -0.05) is 41.4 Å². The number of sulfonamides is 1. The van der Waals surface area contributed by atoms with E-state index in [0.29, 0.717) is 11.6 Å². The summed E-state index contributed by atoms with van der Waals surface area (Å²) in [5.74, 6) is 0. The molecule has 0 atom stereocenters. The first-order valence-corrected chi connectivity index (χ1v) is 10.2. The summed E-state index contributed by atoms with van der Waals surface area (Å²) in [5, 5.41) is 1.70. The van der Waals surface area contributed by atoms with E-state index in [0.717, 1.165) is 23.7 Å². The molecular weight excluding hydrogens is 379 g/mol. The Hall–Kier alpha value is -1.53. The first-order chi connectivity index (χ1) is 11.9. The van der Waals surface area contributed by atoms with Gasteiger partial charge in [0.05, 0.1) is 14.9 Å². The van der Waals surface area contributed by atoms with Crippen LogP contribution >= 0.6 is 23.2 Å². The zero-order chi connectivity index (χ0) is 17.7. The maximum absolute atomic E-state index is 12.6. The molecule has 1 fully saturated rings. The zero-order valence-electron chi connectivity index (χ0n) is 13.2. The molecule has 1 saturated carbocycles. The lowest BCUT2D eigenvalue weighted by atomic mass is 9.96. The molecule has 4 rings (SSSR count). The molecular formula is C18H16Cl2N2O2S. The van der Waals surface area contributed by atoms with E-state index in [1.54, 1.807) is 0 Å². The van der Waals surface area contributed by atoms with Crippen molar-refractivity contribution in [1.29, 1.82) is 0 Å². The van der Waals surface area contributed by atoms with E-state index < -0.39 is 10.0 Å². The number of aromatic amines is 1. The number of para-hydroxylation sites is 1. The van der Waals surface area contributed by atoms with Crippen molar-refractivity contribution in [2.45, 2.75) is 23.2 Å². The second-order valence-corrected chi connectivity index (χ2v) is 9.01. The van der Waals surface area contributed by atoms with E-state index >= 15 is 0 Å². The molecule has 0 amide bonds. The second-order valence-electron chi connectivity index (χ2n) is 6.43. The second kappa shape index (κ2) is 6.02. The van der Waals surface area contributed by atoms with Crippen LogP contribution in [0.3, 0.4) is 0 Å². The lowest BCUT2D eigenvalue weighted by molar-refractivity contribution is 0.568. The Kier molecular flexibility index (Phi) is 4.07. The van der Waals surface area contributed by atoms with Gasteiger partial charge in [-0.25, -0.2) is 13.1 Å². The Morgan fingerprint density at radius 3 is 2.56 bits per heavy atom. The molecule has 25 heavy (non-hydrogen) atoms. The number of hydrogen-bond donors (Lipinski definition) is 2. The molecule has 1 aliphatic carbocycles. The predicted molar refractivity (Wildman–Crippen MR) is 101 cm³/mol. The summed E-state index contributed by atoms with van der Waals surface area (Å²) < 4.78 is 27.9. The molecule has 1 aromatic heterocycles. The molecule has 2 N–H and O–H groups in total. The Morgan fingerprint density at radius 1 is 1.08 bits per heavy atom. The molecule has 7 heteroatoms. The topological polar surface area (TPSA) is 62.0 Å². The van der Waals surface area contributed by atoms with E-state index in [2.05, 4.69) is 15.8 Å². The number of rotatable bonds is 5. The normalized spacial score (nSPS) is 16.2. The zero-order valence-corrected chi connectivity index (χ0v) is 15.5. The van der Waals surface area contributed by atoms with Gasteiger partial charge in [-0.15, -0.1) is 0 Å². The lowest BCUT2D eigenvalue weighted by Crippen LogP contribution is -2.32. The molecule has 1 aliphatic rings. The number of aromatic nitrogens is 1. The third-order valence-electron chi connectivity index (χ3n) is 4.82. The van der Waals surface area contributed by atoms with Crippen molar-refractivity contribution in [2.24, 2.45) is 0 Å². The van der Waals surface area contributed by atoms with Crippen LogP contribution in [0.25, 0.3) is 10.9 Å². The molecule has 0 aliphatic heterocycles. The highest BCUT2D eigenvalue weighted by atomic mass is 35.5. The van der Waals surface area contributed by atoms with Crippen LogP contribution in [-0.4, -0.2) is 19.9 Å². The predicted octanol–water partition coefficient (Wildman–Crippen LogP) is 4.48. The van der Waals surface area contributed by atoms with Crippen LogP contribution < -0.4 is 4.72 Å². The monoisotopic (exact) mass is 394 g/mol. The van der Waals surface area contributed by atoms with Gasteiger partial charge in [0.25, 0.3) is 0 Å². The number of H-pyrrole nitrogens is 1. The minimum absolute atomic E-state index is 0.122. The minimum atomic E-state index is -3.64. The highest BCUT2D eigenvalue weighted by Crippen LogP contribution is 2.50. The molecule has 0 spiro atoms. The summed E-state index contributed by atoms with van der Waals surface area (Å²) in [7, 11) is -3.64. The molecule has 0 unspecified atom stereocenters. The van der Waals surface area contributed by atoms with Crippen molar-refractivity contribution in [2.75, 3.05) is 6.54 Å². The largest absolute Gasteiger partial charge is 0.361 e. The Balaban J connectivity index is 1.59. The highest BCUT2D eigenvalue weighted by Gasteiger charge is 2.46. The number of benzene rings is 2. The van der Waals surface area contributed by atoms with Crippen LogP contribution in [0, 0.1) is 0 Å². The number of hydrogen-bond acceptors (Lipinski definition) is 2. The van der Waals surface area contributed by atoms with Gasteiger partial charge in [-0.2, -0.15) is 0 Å². The molecule has 130 valence electrons. The summed E-state index contributed by atoms with van der Waals surface area (Å²) in [6, 6.07) is 12.4. The number of halogens is 2. The summed E-state index contributed by atoms with van der Waals surface area (Å²) in [5.41, 5.74) is 2.08. The van der Waals surface area contributed by atoms with Crippen molar-refractivity contribution in [1.82, 2.24) is 9.71 Å². The molecule has 0 radical (unpaired) electrons. The van der Waals surface area contributed by atoms with Gasteiger partial charge < -0.3 is 4.98 Å². The third-order valence-corrected chi connectivity index (χ3v) is 6.95. The van der Waals surface area contributed by atoms with Crippen molar-refractivity contribution in [3.05, 3.63) is 64.3 Å². The van der Waals surface area contributed by atoms with E-state index in [9.17, 15) is 8.42 Å². The van der Waals surface area contributed by atoms with Gasteiger partial charge in [0.2, 0.25) is 10.0 Å². The Bertz CT molecular complexity index is 1060. The van der Waals surface area contributed by atoms with Crippen LogP contribution in [0.4, 0.5) is 0 Å². The van der Waals surface area contributed by atoms with Gasteiger partial charge >= 0.3 is 0 Å². The van der Waals surface area contributed by atoms with Gasteiger partial charge in [0.1, 0.15) is 0 Å². The van der Waals surface area contributed by atoms with Crippen LogP contribution in [0.5, 0.6) is 0 Å². The smallest absolute Gasteiger partial charge is 0.240 e. The van der Waals surface area contributed by atoms with E-state index in [1.165, 1.54) is 23.8 Å². The van der Waals surface area contributed by atoms with Gasteiger partial charge in [-0.05, 0) is 42.7 Å². The van der Waals surface area contributed by atoms with Crippen LogP contribution in [0.1, 0.15) is 18.4 Å². The van der Waals surface area contributed by atoms with E-state index in [1.807, 2.05) is 24.4 Å². The van der Waals surface area contributed by atoms with Crippen molar-refractivity contribution < 1.29 is 8.42 Å². The third kappa shape index (κ3) is 3.06. The fourth-order valence-electron chi connectivity index (χ4n) is 3.16. The SMILES string of the molecule is O=S(=O)(NCC1(c2c[nH]c3ccccc23)CC1)c1ccc(Cl)c(Cl)c1. The van der Waals surface area contributed by atoms with Gasteiger partial charge in [0, 0.05) is 29.1 Å². The summed E-state index contributed by atoms with van der Waals surface area (Å²) in [6.07, 6.45) is 3.91. The van der Waals surface area contributed by atoms with E-state index in [-0.39, 0.29) is 15.3 Å². The number of nitrogens with one attached hydrogen (secondary N) is 2. The minimum Gasteiger partial charge on any atom is -0.361 e. The number of fused-ring (bicyclic) bond motifs is 1. The first kappa shape index (κ1) is 16.9. The van der Waals surface area contributed by atoms with Gasteiger partial charge in [0.15, 0.2) is 0 Å². The Labute approximate surface area is 156 Å². The Morgan fingerprint density at radius 2 is 1.84 bits per heavy atom. The van der Waals surface area contributed by atoms with E-state index in [4.69, 9.17) is 23.2 Å². The average molecular weight is 395 g/mol. The summed E-state index contributed by atoms with van der Waals surface area (Å²) >= 11 is 11.8. The highest BCUT2D eigenvalue weighted by molar-refractivity contribution is 7.89. The molecule has 4 nitrogen and oxygen atoms in total. The summed E-state index contributed by atoms with van der Waals surface area (Å²) in [6.45, 7) is 0.359. The maximum atomic E-state index is 12.6. The molecule has 0 bridgehead atoms.